The molecule has 0 heterocycles. The maximum Gasteiger partial charge on any atom is 0.416 e. The average Bonchev–Trinajstić information content (AvgIpc) is 3.50. The van der Waals surface area contributed by atoms with E-state index in [2.05, 4.69) is 10.6 Å². The van der Waals surface area contributed by atoms with E-state index < -0.39 is 11.7 Å². The Morgan fingerprint density at radius 2 is 1.73 bits per heavy atom. The molecule has 0 radical (unpaired) electrons. The highest BCUT2D eigenvalue weighted by atomic mass is 19.4. The van der Waals surface area contributed by atoms with Gasteiger partial charge in [-0.1, -0.05) is 30.3 Å². The Kier molecular flexibility index (Phi) is 6.77. The van der Waals surface area contributed by atoms with E-state index in [4.69, 9.17) is 0 Å². The molecule has 1 saturated carbocycles. The highest BCUT2D eigenvalue weighted by Gasteiger charge is 2.33. The summed E-state index contributed by atoms with van der Waals surface area (Å²) >= 11 is 0. The predicted molar refractivity (Wildman–Crippen MR) is 108 cm³/mol. The van der Waals surface area contributed by atoms with Crippen molar-refractivity contribution in [2.45, 2.75) is 38.0 Å². The lowest BCUT2D eigenvalue weighted by molar-refractivity contribution is -0.138. The van der Waals surface area contributed by atoms with Crippen molar-refractivity contribution in [1.82, 2.24) is 10.2 Å². The van der Waals surface area contributed by atoms with Crippen LogP contribution in [-0.2, 0) is 17.5 Å². The zero-order chi connectivity index (χ0) is 21.7. The van der Waals surface area contributed by atoms with Crippen LogP contribution < -0.4 is 10.6 Å². The molecule has 1 aliphatic rings. The van der Waals surface area contributed by atoms with Gasteiger partial charge in [0.15, 0.2) is 0 Å². The minimum absolute atomic E-state index is 0.0728. The summed E-state index contributed by atoms with van der Waals surface area (Å²) in [6, 6.07) is 12.4. The summed E-state index contributed by atoms with van der Waals surface area (Å²) < 4.78 is 39.4. The van der Waals surface area contributed by atoms with E-state index in [1.165, 1.54) is 12.1 Å². The second-order valence-corrected chi connectivity index (χ2v) is 7.48. The number of rotatable bonds is 8. The first-order chi connectivity index (χ1) is 14.2. The van der Waals surface area contributed by atoms with Crippen molar-refractivity contribution in [2.24, 2.45) is 0 Å². The molecule has 0 spiro atoms. The molecule has 8 heteroatoms. The molecule has 2 N–H and O–H groups in total. The Morgan fingerprint density at radius 1 is 1.07 bits per heavy atom. The highest BCUT2D eigenvalue weighted by molar-refractivity contribution is 6.03. The van der Waals surface area contributed by atoms with Gasteiger partial charge in [-0.15, -0.1) is 0 Å². The van der Waals surface area contributed by atoms with Crippen LogP contribution in [0.25, 0.3) is 0 Å². The predicted octanol–water partition coefficient (Wildman–Crippen LogP) is 4.06. The summed E-state index contributed by atoms with van der Waals surface area (Å²) in [5.41, 5.74) is 0.308. The Balaban J connectivity index is 1.55. The third-order valence-corrected chi connectivity index (χ3v) is 4.84. The number of amides is 2. The zero-order valence-electron chi connectivity index (χ0n) is 16.6. The third-order valence-electron chi connectivity index (χ3n) is 4.84. The minimum atomic E-state index is -4.42. The van der Waals surface area contributed by atoms with E-state index in [1.807, 2.05) is 0 Å². The van der Waals surface area contributed by atoms with Crippen LogP contribution in [0.1, 0.15) is 40.7 Å². The van der Waals surface area contributed by atoms with Gasteiger partial charge in [-0.25, -0.2) is 0 Å². The Hall–Kier alpha value is -2.87. The fraction of sp³-hybridized carbons (Fsp3) is 0.364. The van der Waals surface area contributed by atoms with Crippen LogP contribution in [0.2, 0.25) is 0 Å². The third kappa shape index (κ3) is 6.06. The molecule has 0 unspecified atom stereocenters. The number of hydrogen-bond donors (Lipinski definition) is 2. The molecule has 0 bridgehead atoms. The van der Waals surface area contributed by atoms with Crippen LogP contribution in [0.3, 0.4) is 0 Å². The van der Waals surface area contributed by atoms with E-state index in [0.29, 0.717) is 11.3 Å². The summed E-state index contributed by atoms with van der Waals surface area (Å²) in [5, 5.41) is 5.62. The van der Waals surface area contributed by atoms with E-state index in [0.717, 1.165) is 18.9 Å². The number of hydrogen-bond acceptors (Lipinski definition) is 3. The van der Waals surface area contributed by atoms with Gasteiger partial charge in [0, 0.05) is 25.6 Å². The Morgan fingerprint density at radius 3 is 2.43 bits per heavy atom. The number of anilines is 1. The molecule has 30 heavy (non-hydrogen) atoms. The number of nitrogens with zero attached hydrogens (tertiary/aromatic N) is 1. The summed E-state index contributed by atoms with van der Waals surface area (Å²) in [6.45, 7) is 0.345. The molecule has 2 aromatic rings. The SMILES string of the molecule is CN(CCC(=O)Nc1ccccc1C(=O)NC1CC1)Cc1ccccc1C(F)(F)F. The first-order valence-electron chi connectivity index (χ1n) is 9.77. The molecule has 2 amide bonds. The summed E-state index contributed by atoms with van der Waals surface area (Å²) in [6.07, 6.45) is -2.41. The molecule has 0 aliphatic heterocycles. The molecule has 160 valence electrons. The standard InChI is InChI=1S/C22H24F3N3O2/c1-28(14-15-6-2-4-8-18(15)22(23,24)25)13-12-20(29)27-19-9-5-3-7-17(19)21(30)26-16-10-11-16/h2-9,16H,10-14H2,1H3,(H,26,30)(H,27,29). The van der Waals surface area contributed by atoms with E-state index >= 15 is 0 Å². The number of alkyl halides is 3. The lowest BCUT2D eigenvalue weighted by atomic mass is 10.1. The monoisotopic (exact) mass is 419 g/mol. The van der Waals surface area contributed by atoms with Gasteiger partial charge in [-0.2, -0.15) is 13.2 Å². The number of para-hydroxylation sites is 1. The van der Waals surface area contributed by atoms with Gasteiger partial charge in [0.25, 0.3) is 5.91 Å². The highest BCUT2D eigenvalue weighted by Crippen LogP contribution is 2.32. The van der Waals surface area contributed by atoms with Gasteiger partial charge in [-0.05, 0) is 43.7 Å². The van der Waals surface area contributed by atoms with Gasteiger partial charge in [-0.3, -0.25) is 9.59 Å². The molecule has 1 aliphatic carbocycles. The molecule has 3 rings (SSSR count). The van der Waals surface area contributed by atoms with Crippen molar-refractivity contribution in [3.8, 4) is 0 Å². The summed E-state index contributed by atoms with van der Waals surface area (Å²) in [7, 11) is 1.66. The summed E-state index contributed by atoms with van der Waals surface area (Å²) in [4.78, 5) is 26.3. The van der Waals surface area contributed by atoms with Gasteiger partial charge < -0.3 is 15.5 Å². The molecule has 2 aromatic carbocycles. The smallest absolute Gasteiger partial charge is 0.349 e. The van der Waals surface area contributed by atoms with Gasteiger partial charge >= 0.3 is 6.18 Å². The number of nitrogens with one attached hydrogen (secondary N) is 2. The van der Waals surface area contributed by atoms with Crippen molar-refractivity contribution in [1.29, 1.82) is 0 Å². The van der Waals surface area contributed by atoms with Crippen molar-refractivity contribution >= 4 is 17.5 Å². The number of carbonyl (C=O) groups is 2. The van der Waals surface area contributed by atoms with Crippen LogP contribution in [0.4, 0.5) is 18.9 Å². The van der Waals surface area contributed by atoms with Crippen LogP contribution in [-0.4, -0.2) is 36.3 Å². The van der Waals surface area contributed by atoms with Crippen molar-refractivity contribution < 1.29 is 22.8 Å². The minimum Gasteiger partial charge on any atom is -0.349 e. The van der Waals surface area contributed by atoms with E-state index in [1.54, 1.807) is 42.3 Å². The second kappa shape index (κ2) is 9.30. The molecular weight excluding hydrogens is 395 g/mol. The van der Waals surface area contributed by atoms with E-state index in [-0.39, 0.29) is 42.9 Å². The molecule has 0 atom stereocenters. The Bertz CT molecular complexity index is 910. The van der Waals surface area contributed by atoms with Crippen molar-refractivity contribution in [2.75, 3.05) is 18.9 Å². The van der Waals surface area contributed by atoms with Crippen LogP contribution in [0, 0.1) is 0 Å². The van der Waals surface area contributed by atoms with E-state index in [9.17, 15) is 22.8 Å². The first-order valence-corrected chi connectivity index (χ1v) is 9.77. The van der Waals surface area contributed by atoms with Crippen LogP contribution in [0.5, 0.6) is 0 Å². The quantitative estimate of drug-likeness (QED) is 0.679. The molecule has 1 fully saturated rings. The lowest BCUT2D eigenvalue weighted by Crippen LogP contribution is -2.28. The normalized spacial score (nSPS) is 13.9. The lowest BCUT2D eigenvalue weighted by Gasteiger charge is -2.20. The Labute approximate surface area is 173 Å². The van der Waals surface area contributed by atoms with Crippen LogP contribution >= 0.6 is 0 Å². The zero-order valence-corrected chi connectivity index (χ0v) is 16.6. The van der Waals surface area contributed by atoms with Crippen LogP contribution in [0.15, 0.2) is 48.5 Å². The van der Waals surface area contributed by atoms with Crippen molar-refractivity contribution in [3.05, 3.63) is 65.2 Å². The molecule has 0 aromatic heterocycles. The fourth-order valence-corrected chi connectivity index (χ4v) is 3.09. The number of halogens is 3. The van der Waals surface area contributed by atoms with Gasteiger partial charge in [0.05, 0.1) is 16.8 Å². The molecule has 0 saturated heterocycles. The van der Waals surface area contributed by atoms with Gasteiger partial charge in [0.1, 0.15) is 0 Å². The summed E-state index contributed by atoms with van der Waals surface area (Å²) in [5.74, 6) is -0.535. The number of carbonyl (C=O) groups excluding carboxylic acids is 2. The largest absolute Gasteiger partial charge is 0.416 e. The topological polar surface area (TPSA) is 61.4 Å². The van der Waals surface area contributed by atoms with Gasteiger partial charge in [0.2, 0.25) is 5.91 Å². The maximum absolute atomic E-state index is 13.1. The average molecular weight is 419 g/mol. The van der Waals surface area contributed by atoms with Crippen molar-refractivity contribution in [3.63, 3.8) is 0 Å². The maximum atomic E-state index is 13.1. The molecular formula is C22H24F3N3O2. The second-order valence-electron chi connectivity index (χ2n) is 7.48. The first kappa shape index (κ1) is 21.8. The molecule has 5 nitrogen and oxygen atoms in total. The number of benzene rings is 2. The fourth-order valence-electron chi connectivity index (χ4n) is 3.09.